The van der Waals surface area contributed by atoms with Gasteiger partial charge in [0.2, 0.25) is 0 Å². The number of hydrogen-bond donors (Lipinski definition) is 0. The Morgan fingerprint density at radius 3 is 1.44 bits per heavy atom. The van der Waals surface area contributed by atoms with Crippen LogP contribution < -0.4 is 3.87 Å². The average molecular weight is 468 g/mol. The summed E-state index contributed by atoms with van der Waals surface area (Å²) in [5.74, 6) is 0. The third kappa shape index (κ3) is 3.60. The zero-order chi connectivity index (χ0) is 22.8. The van der Waals surface area contributed by atoms with Gasteiger partial charge in [0.05, 0.1) is 0 Å². The fourth-order valence-electron chi connectivity index (χ4n) is 5.13. The first-order chi connectivity index (χ1) is 16.9. The zero-order valence-corrected chi connectivity index (χ0v) is 20.4. The van der Waals surface area contributed by atoms with Crippen LogP contribution in [0.4, 0.5) is 0 Å². The van der Waals surface area contributed by atoms with E-state index in [0.29, 0.717) is 0 Å². The third-order valence-electron chi connectivity index (χ3n) is 6.73. The van der Waals surface area contributed by atoms with Crippen LogP contribution in [-0.2, 0) is 22.9 Å². The van der Waals surface area contributed by atoms with Crippen LogP contribution in [0.25, 0.3) is 21.5 Å². The molecule has 160 valence electrons. The molecule has 0 amide bonds. The van der Waals surface area contributed by atoms with Crippen molar-refractivity contribution < 1.29 is 19.2 Å². The Morgan fingerprint density at radius 1 is 0.353 bits per heavy atom. The molecule has 0 N–H and O–H groups in total. The van der Waals surface area contributed by atoms with E-state index in [-0.39, 0.29) is 3.72 Å². The van der Waals surface area contributed by atoms with Gasteiger partial charge in [-0.15, -0.1) is 0 Å². The second-order valence-corrected chi connectivity index (χ2v) is 11.1. The minimum atomic E-state index is -0.711. The van der Waals surface area contributed by atoms with Crippen LogP contribution >= 0.6 is 0 Å². The molecule has 0 spiro atoms. The van der Waals surface area contributed by atoms with Crippen molar-refractivity contribution in [2.45, 2.75) is 3.72 Å². The molecule has 34 heavy (non-hydrogen) atoms. The Morgan fingerprint density at radius 2 is 0.853 bits per heavy atom. The van der Waals surface area contributed by atoms with E-state index in [2.05, 4.69) is 146 Å². The molecular formula is C33H24Ti. The summed E-state index contributed by atoms with van der Waals surface area (Å²) in [6.45, 7) is 0. The van der Waals surface area contributed by atoms with Gasteiger partial charge in [-0.1, -0.05) is 0 Å². The minimum absolute atomic E-state index is 0.177. The first-order valence-electron chi connectivity index (χ1n) is 11.7. The Hall–Kier alpha value is -3.45. The zero-order valence-electron chi connectivity index (χ0n) is 18.9. The van der Waals surface area contributed by atoms with Crippen LogP contribution in [0.3, 0.4) is 0 Å². The number of rotatable bonds is 5. The van der Waals surface area contributed by atoms with Crippen LogP contribution in [0.5, 0.6) is 0 Å². The predicted octanol–water partition coefficient (Wildman–Crippen LogP) is 7.69. The predicted molar refractivity (Wildman–Crippen MR) is 140 cm³/mol. The van der Waals surface area contributed by atoms with Crippen molar-refractivity contribution in [1.82, 2.24) is 0 Å². The molecule has 0 saturated heterocycles. The monoisotopic (exact) mass is 468 g/mol. The van der Waals surface area contributed by atoms with Gasteiger partial charge in [-0.25, -0.2) is 0 Å². The van der Waals surface area contributed by atoms with E-state index < -0.39 is 19.2 Å². The van der Waals surface area contributed by atoms with Gasteiger partial charge in [0, 0.05) is 0 Å². The molecule has 0 atom stereocenters. The van der Waals surface area contributed by atoms with Crippen LogP contribution in [0.15, 0.2) is 146 Å². The summed E-state index contributed by atoms with van der Waals surface area (Å²) in [6.07, 6.45) is 0. The average Bonchev–Trinajstić information content (AvgIpc) is 2.93. The van der Waals surface area contributed by atoms with E-state index in [1.807, 2.05) is 0 Å². The molecule has 0 saturated carbocycles. The van der Waals surface area contributed by atoms with Crippen molar-refractivity contribution in [3.63, 3.8) is 0 Å². The number of benzene rings is 6. The molecule has 6 aromatic carbocycles. The van der Waals surface area contributed by atoms with Crippen molar-refractivity contribution in [2.24, 2.45) is 0 Å². The van der Waals surface area contributed by atoms with E-state index in [1.54, 1.807) is 0 Å². The Bertz CT molecular complexity index is 1460. The molecule has 0 aliphatic heterocycles. The Kier molecular flexibility index (Phi) is 5.63. The Balaban J connectivity index is 1.65. The van der Waals surface area contributed by atoms with Gasteiger partial charge in [-0.05, 0) is 0 Å². The van der Waals surface area contributed by atoms with Crippen LogP contribution in [0.1, 0.15) is 16.7 Å². The molecule has 0 aliphatic carbocycles. The van der Waals surface area contributed by atoms with Crippen molar-refractivity contribution >= 4 is 25.4 Å². The summed E-state index contributed by atoms with van der Waals surface area (Å²) in [7, 11) is 0. The summed E-state index contributed by atoms with van der Waals surface area (Å²) in [6, 6.07) is 53.5. The molecule has 0 fully saturated rings. The molecule has 0 heterocycles. The molecule has 1 heteroatoms. The molecule has 6 aromatic rings. The van der Waals surface area contributed by atoms with E-state index in [1.165, 1.54) is 42.1 Å². The first-order valence-corrected chi connectivity index (χ1v) is 13.3. The van der Waals surface area contributed by atoms with Crippen molar-refractivity contribution in [3.05, 3.63) is 162 Å². The molecule has 0 bridgehead atoms. The van der Waals surface area contributed by atoms with E-state index in [4.69, 9.17) is 0 Å². The van der Waals surface area contributed by atoms with Crippen LogP contribution in [0.2, 0.25) is 0 Å². The molecule has 6 rings (SSSR count). The maximum atomic E-state index is 2.36. The molecule has 0 radical (unpaired) electrons. The summed E-state index contributed by atoms with van der Waals surface area (Å²) in [5.41, 5.74) is 4.10. The molecular weight excluding hydrogens is 444 g/mol. The van der Waals surface area contributed by atoms with Gasteiger partial charge < -0.3 is 0 Å². The summed E-state index contributed by atoms with van der Waals surface area (Å²) in [4.78, 5) is 0. The van der Waals surface area contributed by atoms with Gasteiger partial charge in [0.1, 0.15) is 0 Å². The Labute approximate surface area is 209 Å². The standard InChI is InChI=1S/C19H15.C14H9.Ti/c1-4-10-16(11-5-1)19(17-12-6-2-7-13-17)18-14-8-3-9-15-18;1-3-7-13-11(5-1)9-10-12-6-2-4-8-14(12)13;/h1-15H;1-5,7-10H;. The van der Waals surface area contributed by atoms with Gasteiger partial charge in [-0.3, -0.25) is 0 Å². The van der Waals surface area contributed by atoms with E-state index >= 15 is 0 Å². The van der Waals surface area contributed by atoms with Gasteiger partial charge in [-0.2, -0.15) is 0 Å². The SMILES string of the molecule is c1ccc([C]([Ti][c]2cccc3c2ccc2ccccc23)(c2ccccc2)c2ccccc2)cc1. The molecule has 0 aliphatic rings. The van der Waals surface area contributed by atoms with Gasteiger partial charge in [0.25, 0.3) is 0 Å². The second kappa shape index (κ2) is 9.07. The molecule has 0 nitrogen and oxygen atoms in total. The summed E-state index contributed by atoms with van der Waals surface area (Å²) >= 11 is -0.711. The second-order valence-electron chi connectivity index (χ2n) is 8.66. The summed E-state index contributed by atoms with van der Waals surface area (Å²) in [5, 5.41) is 5.36. The quantitative estimate of drug-likeness (QED) is 0.138. The maximum absolute atomic E-state index is 2.36. The van der Waals surface area contributed by atoms with Crippen molar-refractivity contribution in [2.75, 3.05) is 0 Å². The summed E-state index contributed by atoms with van der Waals surface area (Å²) < 4.78 is 1.31. The van der Waals surface area contributed by atoms with Crippen molar-refractivity contribution in [1.29, 1.82) is 0 Å². The first kappa shape index (κ1) is 21.1. The van der Waals surface area contributed by atoms with Crippen LogP contribution in [0, 0.1) is 0 Å². The van der Waals surface area contributed by atoms with Crippen LogP contribution in [-0.4, -0.2) is 0 Å². The van der Waals surface area contributed by atoms with Crippen molar-refractivity contribution in [3.8, 4) is 0 Å². The normalized spacial score (nSPS) is 11.5. The number of hydrogen-bond acceptors (Lipinski definition) is 0. The topological polar surface area (TPSA) is 0 Å². The number of fused-ring (bicyclic) bond motifs is 3. The molecule has 0 unspecified atom stereocenters. The van der Waals surface area contributed by atoms with Gasteiger partial charge in [0.15, 0.2) is 0 Å². The fraction of sp³-hybridized carbons (Fsp3) is 0.0303. The van der Waals surface area contributed by atoms with E-state index in [0.717, 1.165) is 0 Å². The van der Waals surface area contributed by atoms with E-state index in [9.17, 15) is 0 Å². The fourth-order valence-corrected chi connectivity index (χ4v) is 8.05. The third-order valence-corrected chi connectivity index (χ3v) is 9.77. The molecule has 0 aromatic heterocycles. The van der Waals surface area contributed by atoms with Gasteiger partial charge >= 0.3 is 211 Å².